The summed E-state index contributed by atoms with van der Waals surface area (Å²) in [6.45, 7) is 0.748. The molecule has 0 radical (unpaired) electrons. The van der Waals surface area contributed by atoms with Crippen LogP contribution in [-0.2, 0) is 32.8 Å². The van der Waals surface area contributed by atoms with Gasteiger partial charge in [0.05, 0.1) is 16.8 Å². The molecule has 6 atom stereocenters. The maximum atomic E-state index is 13.5. The molecule has 1 saturated carbocycles. The molecule has 1 aliphatic carbocycles. The number of fused-ring (bicyclic) bond motifs is 1. The molecule has 0 spiro atoms. The number of nitrogens with zero attached hydrogens (tertiary/aromatic N) is 4. The first-order valence-corrected chi connectivity index (χ1v) is 17.6. The summed E-state index contributed by atoms with van der Waals surface area (Å²) in [5.74, 6) is -2.09. The van der Waals surface area contributed by atoms with Crippen LogP contribution < -0.4 is 10.8 Å². The maximum Gasteiger partial charge on any atom is 0.613 e. The Balaban J connectivity index is 1.32. The quantitative estimate of drug-likeness (QED) is 0.117. The summed E-state index contributed by atoms with van der Waals surface area (Å²) in [6.07, 6.45) is 1.17. The number of benzene rings is 2. The Morgan fingerprint density at radius 3 is 2.29 bits per heavy atom. The molecule has 15 nitrogen and oxygen atoms in total. The van der Waals surface area contributed by atoms with Crippen molar-refractivity contribution in [3.63, 3.8) is 0 Å². The third kappa shape index (κ3) is 7.90. The minimum Gasteiger partial charge on any atom is -0.461 e. The molecule has 3 heterocycles. The van der Waals surface area contributed by atoms with Crippen molar-refractivity contribution in [2.24, 2.45) is 0 Å². The lowest BCUT2D eigenvalue weighted by atomic mass is 9.95. The van der Waals surface area contributed by atoms with E-state index in [0.717, 1.165) is 32.1 Å². The second-order valence-electron chi connectivity index (χ2n) is 12.2. The number of nitrogens with two attached hydrogens (primary N) is 1. The topological polar surface area (TPSA) is 206 Å². The van der Waals surface area contributed by atoms with Crippen LogP contribution in [0.25, 0.3) is 5.52 Å². The zero-order valence-electron chi connectivity index (χ0n) is 27.6. The Hall–Kier alpha value is -5.26. The van der Waals surface area contributed by atoms with Gasteiger partial charge in [-0.1, -0.05) is 47.9 Å². The summed E-state index contributed by atoms with van der Waals surface area (Å²) in [5.41, 5.74) is 4.89. The lowest BCUT2D eigenvalue weighted by molar-refractivity contribution is -0.152. The summed E-state index contributed by atoms with van der Waals surface area (Å²) >= 11 is 0. The number of esters is 3. The molecule has 6 rings (SSSR count). The monoisotopic (exact) mass is 715 g/mol. The number of anilines is 1. The standard InChI is InChI=1S/C35H36N6O9P/c1-22(32(42)47-25-15-9-4-10-16-25)40-51(45)46-20-35(19-36)30(49-34(44)24-13-7-3-8-14-24)29(48-33(43)23-11-5-2-6-12-23)28(50-35)26-17-18-27-31(37)38-21-39-41(26)27/h2-3,5-8,11-14,17-18,21-22,25,28-30H,4,9-10,15-16,20H2,1H3,(H,40,45)(H2,37,38,39)/q+1/t22-,28-,29-,30-,35+/m0/s1. The molecular formula is C35H36N6O9P+. The molecule has 0 bridgehead atoms. The molecule has 2 aromatic heterocycles. The Morgan fingerprint density at radius 2 is 1.65 bits per heavy atom. The molecule has 1 aliphatic heterocycles. The molecule has 0 amide bonds. The number of hydrogen-bond acceptors (Lipinski definition) is 13. The van der Waals surface area contributed by atoms with E-state index in [-0.39, 0.29) is 28.7 Å². The van der Waals surface area contributed by atoms with Gasteiger partial charge in [-0.05, 0) is 73.6 Å². The highest BCUT2D eigenvalue weighted by atomic mass is 31.1. The number of nitriles is 1. The van der Waals surface area contributed by atoms with E-state index in [0.29, 0.717) is 5.52 Å². The van der Waals surface area contributed by atoms with Gasteiger partial charge in [0, 0.05) is 0 Å². The predicted molar refractivity (Wildman–Crippen MR) is 180 cm³/mol. The highest BCUT2D eigenvalue weighted by molar-refractivity contribution is 7.36. The first kappa shape index (κ1) is 35.6. The van der Waals surface area contributed by atoms with Crippen LogP contribution in [0.4, 0.5) is 5.82 Å². The average molecular weight is 716 g/mol. The molecule has 2 fully saturated rings. The molecule has 51 heavy (non-hydrogen) atoms. The highest BCUT2D eigenvalue weighted by Gasteiger charge is 2.62. The van der Waals surface area contributed by atoms with Crippen molar-refractivity contribution in [1.29, 1.82) is 5.26 Å². The lowest BCUT2D eigenvalue weighted by Gasteiger charge is -2.27. The number of carbonyl (C=O) groups excluding carboxylic acids is 3. The lowest BCUT2D eigenvalue weighted by Crippen LogP contribution is -2.49. The van der Waals surface area contributed by atoms with Crippen molar-refractivity contribution in [3.8, 4) is 6.07 Å². The van der Waals surface area contributed by atoms with Crippen molar-refractivity contribution in [2.45, 2.75) is 75.1 Å². The van der Waals surface area contributed by atoms with Crippen LogP contribution in [0.5, 0.6) is 0 Å². The zero-order chi connectivity index (χ0) is 36.0. The number of rotatable bonds is 12. The smallest absolute Gasteiger partial charge is 0.461 e. The molecule has 264 valence electrons. The van der Waals surface area contributed by atoms with E-state index < -0.39 is 62.6 Å². The fourth-order valence-corrected chi connectivity index (χ4v) is 6.91. The number of hydrogen-bond donors (Lipinski definition) is 2. The normalized spacial score (nSPS) is 22.8. The molecule has 1 saturated heterocycles. The van der Waals surface area contributed by atoms with Gasteiger partial charge in [0.25, 0.3) is 0 Å². The van der Waals surface area contributed by atoms with Gasteiger partial charge in [0.1, 0.15) is 36.2 Å². The van der Waals surface area contributed by atoms with Crippen molar-refractivity contribution >= 4 is 37.4 Å². The van der Waals surface area contributed by atoms with Gasteiger partial charge >= 0.3 is 26.1 Å². The van der Waals surface area contributed by atoms with Crippen molar-refractivity contribution in [2.75, 3.05) is 12.3 Å². The van der Waals surface area contributed by atoms with Crippen LogP contribution in [0.1, 0.15) is 71.5 Å². The maximum absolute atomic E-state index is 13.5. The van der Waals surface area contributed by atoms with Crippen LogP contribution in [0, 0.1) is 11.3 Å². The number of nitrogen functional groups attached to an aromatic ring is 1. The second kappa shape index (κ2) is 15.7. The Bertz CT molecular complexity index is 1930. The SMILES string of the molecule is C[C@H](N[P+](=O)OC[C@@]1(C#N)O[C@@H](c2ccc3c(N)ncnn23)[C@H](OC(=O)c2ccccc2)[C@@H]1OC(=O)c1ccccc1)C(=O)OC1CCCCC1. The van der Waals surface area contributed by atoms with E-state index in [1.54, 1.807) is 48.5 Å². The third-order valence-electron chi connectivity index (χ3n) is 8.77. The van der Waals surface area contributed by atoms with Gasteiger partial charge in [-0.2, -0.15) is 10.4 Å². The Kier molecular flexibility index (Phi) is 11.0. The Labute approximate surface area is 293 Å². The van der Waals surface area contributed by atoms with Crippen LogP contribution in [0.2, 0.25) is 0 Å². The first-order valence-electron chi connectivity index (χ1n) is 16.4. The molecule has 4 aromatic rings. The van der Waals surface area contributed by atoms with Crippen molar-refractivity contribution in [1.82, 2.24) is 19.7 Å². The van der Waals surface area contributed by atoms with E-state index in [4.69, 9.17) is 29.2 Å². The summed E-state index contributed by atoms with van der Waals surface area (Å²) in [5, 5.41) is 17.6. The fraction of sp³-hybridized carbons (Fsp3) is 0.371. The molecule has 2 aromatic carbocycles. The van der Waals surface area contributed by atoms with E-state index in [2.05, 4.69) is 15.2 Å². The van der Waals surface area contributed by atoms with E-state index >= 15 is 0 Å². The van der Waals surface area contributed by atoms with E-state index in [1.807, 2.05) is 6.07 Å². The van der Waals surface area contributed by atoms with Gasteiger partial charge in [-0.25, -0.2) is 19.1 Å². The summed E-state index contributed by atoms with van der Waals surface area (Å²) in [4.78, 5) is 43.8. The largest absolute Gasteiger partial charge is 0.613 e. The molecule has 1 unspecified atom stereocenters. The second-order valence-corrected chi connectivity index (χ2v) is 13.3. The van der Waals surface area contributed by atoms with E-state index in [1.165, 1.54) is 42.0 Å². The molecular weight excluding hydrogens is 679 g/mol. The van der Waals surface area contributed by atoms with Crippen LogP contribution >= 0.6 is 8.18 Å². The summed E-state index contributed by atoms with van der Waals surface area (Å²) < 4.78 is 44.1. The van der Waals surface area contributed by atoms with Gasteiger partial charge < -0.3 is 24.7 Å². The number of nitrogens with one attached hydrogen (secondary N) is 1. The zero-order valence-corrected chi connectivity index (χ0v) is 28.5. The van der Waals surface area contributed by atoms with Crippen molar-refractivity contribution in [3.05, 3.63) is 95.9 Å². The van der Waals surface area contributed by atoms with Gasteiger partial charge in [0.15, 0.2) is 24.6 Å². The molecule has 2 aliphatic rings. The highest BCUT2D eigenvalue weighted by Crippen LogP contribution is 2.45. The van der Waals surface area contributed by atoms with Gasteiger partial charge in [-0.15, -0.1) is 4.52 Å². The van der Waals surface area contributed by atoms with Gasteiger partial charge in [-0.3, -0.25) is 4.79 Å². The minimum atomic E-state index is -2.79. The number of ether oxygens (including phenoxy) is 4. The van der Waals surface area contributed by atoms with Crippen molar-refractivity contribution < 1.29 is 42.4 Å². The minimum absolute atomic E-state index is 0.146. The summed E-state index contributed by atoms with van der Waals surface area (Å²) in [7, 11) is -2.79. The van der Waals surface area contributed by atoms with Crippen LogP contribution in [0.3, 0.4) is 0 Å². The van der Waals surface area contributed by atoms with E-state index in [9.17, 15) is 24.2 Å². The summed E-state index contributed by atoms with van der Waals surface area (Å²) in [6, 6.07) is 20.3. The fourth-order valence-electron chi connectivity index (χ4n) is 6.10. The molecule has 3 N–H and O–H groups in total. The van der Waals surface area contributed by atoms with Crippen LogP contribution in [0.15, 0.2) is 79.1 Å². The predicted octanol–water partition coefficient (Wildman–Crippen LogP) is 4.62. The number of carbonyl (C=O) groups is 3. The first-order chi connectivity index (χ1) is 24.7. The molecule has 16 heteroatoms. The number of aromatic nitrogens is 3. The Morgan fingerprint density at radius 1 is 1.00 bits per heavy atom. The average Bonchev–Trinajstić information content (AvgIpc) is 3.72. The van der Waals surface area contributed by atoms with Crippen LogP contribution in [-0.4, -0.2) is 69.1 Å². The third-order valence-corrected chi connectivity index (χ3v) is 9.73. The van der Waals surface area contributed by atoms with Gasteiger partial charge in [0.2, 0.25) is 5.60 Å².